The summed E-state index contributed by atoms with van der Waals surface area (Å²) in [6.45, 7) is 7.84. The Morgan fingerprint density at radius 2 is 1.89 bits per heavy atom. The van der Waals surface area contributed by atoms with Crippen molar-refractivity contribution in [3.8, 4) is 0 Å². The second-order valence-electron chi connectivity index (χ2n) is 7.96. The first-order chi connectivity index (χ1) is 12.6. The lowest BCUT2D eigenvalue weighted by Gasteiger charge is -2.50. The summed E-state index contributed by atoms with van der Waals surface area (Å²) in [4.78, 5) is 5.00. The second kappa shape index (κ2) is 7.55. The van der Waals surface area contributed by atoms with E-state index in [1.54, 1.807) is 0 Å². The van der Waals surface area contributed by atoms with Gasteiger partial charge in [-0.05, 0) is 47.6 Å². The maximum Gasteiger partial charge on any atom is 0.108 e. The summed E-state index contributed by atoms with van der Waals surface area (Å²) >= 11 is 0. The molecule has 2 aliphatic rings. The highest BCUT2D eigenvalue weighted by molar-refractivity contribution is 6.04. The number of benzene rings is 2. The Bertz CT molecular complexity index is 860. The molecule has 0 amide bonds. The van der Waals surface area contributed by atoms with Gasteiger partial charge >= 0.3 is 0 Å². The van der Waals surface area contributed by atoms with Crippen LogP contribution in [-0.4, -0.2) is 19.4 Å². The molecule has 2 N–H and O–H groups in total. The van der Waals surface area contributed by atoms with Crippen molar-refractivity contribution in [1.82, 2.24) is 0 Å². The number of anilines is 2. The third kappa shape index (κ3) is 3.02. The minimum Gasteiger partial charge on any atom is -0.388 e. The molecule has 0 saturated heterocycles. The zero-order valence-corrected chi connectivity index (χ0v) is 17.5. The zero-order valence-electron chi connectivity index (χ0n) is 16.7. The second-order valence-corrected chi connectivity index (χ2v) is 7.96. The van der Waals surface area contributed by atoms with E-state index >= 15 is 0 Å². The molecule has 0 radical (unpaired) electrons. The molecular formula is C23H30ClN3. The van der Waals surface area contributed by atoms with E-state index in [1.165, 1.54) is 28.1 Å². The monoisotopic (exact) mass is 383 g/mol. The van der Waals surface area contributed by atoms with Crippen LogP contribution in [0.4, 0.5) is 11.4 Å². The number of aliphatic imine (C=N–C) groups is 1. The first kappa shape index (κ1) is 19.8. The number of hydrogen-bond acceptors (Lipinski definition) is 2. The standard InChI is InChI=1S/C23H29N3.ClH/c1-5-13-25-22-23(3)14-15(2)20-17(10-8-12-19(20)24-4)21(23)16-9-6-7-11-18(16)26-22;/h6-12,15,21,24H,5,13-14H2,1-4H3,(H,25,26);1H/t15?,21-,23+;/m1./s1. The van der Waals surface area contributed by atoms with E-state index in [9.17, 15) is 0 Å². The first-order valence-corrected chi connectivity index (χ1v) is 9.81. The van der Waals surface area contributed by atoms with Gasteiger partial charge in [-0.2, -0.15) is 0 Å². The molecular weight excluding hydrogens is 354 g/mol. The van der Waals surface area contributed by atoms with Gasteiger partial charge in [-0.15, -0.1) is 12.4 Å². The number of fused-ring (bicyclic) bond motifs is 5. The van der Waals surface area contributed by atoms with Gasteiger partial charge in [0.2, 0.25) is 0 Å². The largest absolute Gasteiger partial charge is 0.388 e. The van der Waals surface area contributed by atoms with Gasteiger partial charge in [0.05, 0.1) is 0 Å². The van der Waals surface area contributed by atoms with Crippen LogP contribution in [0.3, 0.4) is 0 Å². The molecule has 3 atom stereocenters. The summed E-state index contributed by atoms with van der Waals surface area (Å²) in [7, 11) is 2.03. The molecule has 1 aliphatic heterocycles. The van der Waals surface area contributed by atoms with Gasteiger partial charge in [-0.3, -0.25) is 4.99 Å². The molecule has 0 aromatic heterocycles. The number of nitrogens with zero attached hydrogens (tertiary/aromatic N) is 1. The summed E-state index contributed by atoms with van der Waals surface area (Å²) in [5, 5.41) is 7.10. The average Bonchev–Trinajstić information content (AvgIpc) is 2.65. The number of halogens is 1. The lowest BCUT2D eigenvalue weighted by atomic mass is 9.57. The zero-order chi connectivity index (χ0) is 18.3. The van der Waals surface area contributed by atoms with E-state index in [0.717, 1.165) is 25.2 Å². The topological polar surface area (TPSA) is 36.4 Å². The molecule has 144 valence electrons. The number of nitrogens with one attached hydrogen (secondary N) is 2. The Balaban J connectivity index is 0.00000210. The fourth-order valence-corrected chi connectivity index (χ4v) is 5.12. The van der Waals surface area contributed by atoms with E-state index in [0.29, 0.717) is 11.8 Å². The van der Waals surface area contributed by atoms with Crippen molar-refractivity contribution < 1.29 is 0 Å². The predicted molar refractivity (Wildman–Crippen MR) is 119 cm³/mol. The van der Waals surface area contributed by atoms with Gasteiger partial charge in [0.25, 0.3) is 0 Å². The number of hydrogen-bond donors (Lipinski definition) is 2. The van der Waals surface area contributed by atoms with Crippen molar-refractivity contribution in [2.24, 2.45) is 10.4 Å². The van der Waals surface area contributed by atoms with E-state index in [4.69, 9.17) is 4.99 Å². The molecule has 2 aromatic rings. The van der Waals surface area contributed by atoms with Crippen LogP contribution in [0.25, 0.3) is 0 Å². The minimum absolute atomic E-state index is 0. The first-order valence-electron chi connectivity index (χ1n) is 9.81. The van der Waals surface area contributed by atoms with Gasteiger partial charge in [-0.25, -0.2) is 0 Å². The molecule has 0 spiro atoms. The quantitative estimate of drug-likeness (QED) is 0.678. The van der Waals surface area contributed by atoms with Crippen molar-refractivity contribution in [2.75, 3.05) is 24.2 Å². The molecule has 4 heteroatoms. The molecule has 0 fully saturated rings. The van der Waals surface area contributed by atoms with Crippen LogP contribution in [-0.2, 0) is 0 Å². The number of para-hydroxylation sites is 1. The molecule has 1 unspecified atom stereocenters. The fourth-order valence-electron chi connectivity index (χ4n) is 5.12. The van der Waals surface area contributed by atoms with E-state index in [2.05, 4.69) is 73.9 Å². The molecule has 1 heterocycles. The molecule has 27 heavy (non-hydrogen) atoms. The number of rotatable bonds is 3. The van der Waals surface area contributed by atoms with Crippen molar-refractivity contribution in [3.05, 3.63) is 59.2 Å². The lowest BCUT2D eigenvalue weighted by molar-refractivity contribution is 0.320. The highest BCUT2D eigenvalue weighted by atomic mass is 35.5. The van der Waals surface area contributed by atoms with Crippen LogP contribution in [0.1, 0.15) is 62.1 Å². The van der Waals surface area contributed by atoms with Crippen LogP contribution in [0.2, 0.25) is 0 Å². The van der Waals surface area contributed by atoms with Crippen LogP contribution in [0, 0.1) is 5.41 Å². The Morgan fingerprint density at radius 3 is 2.63 bits per heavy atom. The van der Waals surface area contributed by atoms with Gasteiger partial charge in [-0.1, -0.05) is 51.1 Å². The van der Waals surface area contributed by atoms with Crippen LogP contribution >= 0.6 is 12.4 Å². The van der Waals surface area contributed by atoms with E-state index in [1.807, 2.05) is 7.05 Å². The van der Waals surface area contributed by atoms with Gasteiger partial charge in [0, 0.05) is 36.3 Å². The third-order valence-corrected chi connectivity index (χ3v) is 6.14. The molecule has 0 saturated carbocycles. The Hall–Kier alpha value is -2.00. The summed E-state index contributed by atoms with van der Waals surface area (Å²) in [6.07, 6.45) is 2.18. The fraction of sp³-hybridized carbons (Fsp3) is 0.435. The maximum absolute atomic E-state index is 5.00. The van der Waals surface area contributed by atoms with Crippen LogP contribution in [0.5, 0.6) is 0 Å². The Labute approximate surface area is 169 Å². The SMILES string of the molecule is CCCN=C1Nc2ccccc2[C@@H]2c3cccc(NC)c3C(C)C[C@]12C.Cl. The van der Waals surface area contributed by atoms with Crippen molar-refractivity contribution >= 4 is 29.6 Å². The molecule has 1 aliphatic carbocycles. The van der Waals surface area contributed by atoms with Gasteiger partial charge in [0.15, 0.2) is 0 Å². The van der Waals surface area contributed by atoms with Crippen molar-refractivity contribution in [3.63, 3.8) is 0 Å². The predicted octanol–water partition coefficient (Wildman–Crippen LogP) is 6.03. The smallest absolute Gasteiger partial charge is 0.108 e. The summed E-state index contributed by atoms with van der Waals surface area (Å²) in [6, 6.07) is 15.5. The van der Waals surface area contributed by atoms with Crippen LogP contribution in [0.15, 0.2) is 47.5 Å². The highest BCUT2D eigenvalue weighted by Crippen LogP contribution is 2.58. The third-order valence-electron chi connectivity index (χ3n) is 6.14. The van der Waals surface area contributed by atoms with Crippen molar-refractivity contribution in [1.29, 1.82) is 0 Å². The molecule has 3 nitrogen and oxygen atoms in total. The lowest BCUT2D eigenvalue weighted by Crippen LogP contribution is -2.47. The van der Waals surface area contributed by atoms with Crippen molar-refractivity contribution in [2.45, 2.75) is 45.4 Å². The maximum atomic E-state index is 5.00. The normalized spacial score (nSPS) is 26.9. The Morgan fingerprint density at radius 1 is 1.15 bits per heavy atom. The van der Waals surface area contributed by atoms with E-state index < -0.39 is 0 Å². The van der Waals surface area contributed by atoms with Gasteiger partial charge < -0.3 is 10.6 Å². The average molecular weight is 384 g/mol. The summed E-state index contributed by atoms with van der Waals surface area (Å²) in [5.74, 6) is 2.00. The van der Waals surface area contributed by atoms with Gasteiger partial charge in [0.1, 0.15) is 5.84 Å². The van der Waals surface area contributed by atoms with E-state index in [-0.39, 0.29) is 17.8 Å². The molecule has 2 aromatic carbocycles. The highest BCUT2D eigenvalue weighted by Gasteiger charge is 2.50. The minimum atomic E-state index is 0. The number of amidine groups is 1. The molecule has 0 bridgehead atoms. The van der Waals surface area contributed by atoms with Crippen LogP contribution < -0.4 is 10.6 Å². The summed E-state index contributed by atoms with van der Waals surface area (Å²) in [5.41, 5.74) is 6.80. The Kier molecular flexibility index (Phi) is 5.53. The summed E-state index contributed by atoms with van der Waals surface area (Å²) < 4.78 is 0. The molecule has 4 rings (SSSR count).